The van der Waals surface area contributed by atoms with Crippen LogP contribution in [0.4, 0.5) is 0 Å². The quantitative estimate of drug-likeness (QED) is 0.726. The summed E-state index contributed by atoms with van der Waals surface area (Å²) < 4.78 is 9.78. The molecule has 4 nitrogen and oxygen atoms in total. The van der Waals surface area contributed by atoms with Gasteiger partial charge in [0, 0.05) is 12.6 Å². The van der Waals surface area contributed by atoms with Crippen LogP contribution in [0.25, 0.3) is 0 Å². The third-order valence-electron chi connectivity index (χ3n) is 3.03. The Bertz CT molecular complexity index is 375. The number of benzene rings is 1. The predicted octanol–water partition coefficient (Wildman–Crippen LogP) is 2.08. The Labute approximate surface area is 108 Å². The molecule has 1 rings (SSSR count). The number of carbonyl (C=O) groups is 1. The summed E-state index contributed by atoms with van der Waals surface area (Å²) in [6.07, 6.45) is 0.406. The monoisotopic (exact) mass is 251 g/mol. The molecule has 100 valence electrons. The molecule has 0 aliphatic rings. The Hall–Kier alpha value is -1.55. The first kappa shape index (κ1) is 14.5. The second-order valence-electron chi connectivity index (χ2n) is 4.39. The lowest BCUT2D eigenvalue weighted by atomic mass is 10.1. The number of carbonyl (C=O) groups excluding carboxylic acids is 1. The number of hydrogen-bond donors (Lipinski definition) is 0. The lowest BCUT2D eigenvalue weighted by molar-refractivity contribution is -0.141. The number of rotatable bonds is 6. The summed E-state index contributed by atoms with van der Waals surface area (Å²) in [6.45, 7) is 2.81. The summed E-state index contributed by atoms with van der Waals surface area (Å²) in [6, 6.07) is 8.09. The van der Waals surface area contributed by atoms with Gasteiger partial charge in [0.1, 0.15) is 5.75 Å². The number of esters is 1. The maximum atomic E-state index is 11.2. The van der Waals surface area contributed by atoms with Gasteiger partial charge in [-0.15, -0.1) is 0 Å². The molecule has 1 unspecified atom stereocenters. The first-order valence-electron chi connectivity index (χ1n) is 5.96. The number of hydrogen-bond acceptors (Lipinski definition) is 4. The van der Waals surface area contributed by atoms with Crippen molar-refractivity contribution in [1.82, 2.24) is 4.90 Å². The second-order valence-corrected chi connectivity index (χ2v) is 4.39. The van der Waals surface area contributed by atoms with Gasteiger partial charge in [0.15, 0.2) is 0 Å². The van der Waals surface area contributed by atoms with E-state index in [4.69, 9.17) is 4.74 Å². The Morgan fingerprint density at radius 3 is 2.39 bits per heavy atom. The molecule has 0 fully saturated rings. The van der Waals surface area contributed by atoms with Crippen molar-refractivity contribution in [2.75, 3.05) is 21.3 Å². The van der Waals surface area contributed by atoms with Gasteiger partial charge in [-0.3, -0.25) is 9.69 Å². The molecule has 1 aromatic carbocycles. The smallest absolute Gasteiger partial charge is 0.307 e. The van der Waals surface area contributed by atoms with Crippen LogP contribution in [0.2, 0.25) is 0 Å². The molecule has 0 N–H and O–H groups in total. The van der Waals surface area contributed by atoms with Crippen LogP contribution in [0.15, 0.2) is 24.3 Å². The van der Waals surface area contributed by atoms with Gasteiger partial charge in [0.25, 0.3) is 0 Å². The van der Waals surface area contributed by atoms with E-state index in [0.29, 0.717) is 6.42 Å². The molecule has 0 spiro atoms. The average Bonchev–Trinajstić information content (AvgIpc) is 2.39. The van der Waals surface area contributed by atoms with Crippen LogP contribution in [0.5, 0.6) is 5.75 Å². The molecular formula is C14H21NO3. The Morgan fingerprint density at radius 1 is 1.28 bits per heavy atom. The zero-order valence-electron chi connectivity index (χ0n) is 11.5. The summed E-state index contributed by atoms with van der Waals surface area (Å²) in [4.78, 5) is 13.3. The van der Waals surface area contributed by atoms with Crippen molar-refractivity contribution in [3.05, 3.63) is 29.8 Å². The van der Waals surface area contributed by atoms with E-state index in [-0.39, 0.29) is 12.0 Å². The van der Waals surface area contributed by atoms with Crippen molar-refractivity contribution in [3.63, 3.8) is 0 Å². The van der Waals surface area contributed by atoms with Crippen LogP contribution < -0.4 is 4.74 Å². The zero-order chi connectivity index (χ0) is 13.5. The number of methoxy groups -OCH3 is 2. The molecular weight excluding hydrogens is 230 g/mol. The summed E-state index contributed by atoms with van der Waals surface area (Å²) in [5.74, 6) is 0.674. The summed E-state index contributed by atoms with van der Waals surface area (Å²) in [5.41, 5.74) is 1.19. The highest BCUT2D eigenvalue weighted by atomic mass is 16.5. The standard InChI is InChI=1S/C14H21NO3/c1-11(9-14(16)18-4)15(2)10-12-5-7-13(17-3)8-6-12/h5-8,11H,9-10H2,1-4H3. The van der Waals surface area contributed by atoms with Crippen LogP contribution in [0.1, 0.15) is 18.9 Å². The Balaban J connectivity index is 2.52. The van der Waals surface area contributed by atoms with Gasteiger partial charge in [0.05, 0.1) is 20.6 Å². The highest BCUT2D eigenvalue weighted by Crippen LogP contribution is 2.14. The summed E-state index contributed by atoms with van der Waals surface area (Å²) in [7, 11) is 5.07. The van der Waals surface area contributed by atoms with Gasteiger partial charge in [-0.05, 0) is 31.7 Å². The molecule has 0 bridgehead atoms. The highest BCUT2D eigenvalue weighted by molar-refractivity contribution is 5.69. The Morgan fingerprint density at radius 2 is 1.89 bits per heavy atom. The SMILES string of the molecule is COC(=O)CC(C)N(C)Cc1ccc(OC)cc1. The van der Waals surface area contributed by atoms with Gasteiger partial charge in [-0.25, -0.2) is 0 Å². The maximum Gasteiger partial charge on any atom is 0.307 e. The molecule has 0 saturated heterocycles. The molecule has 0 saturated carbocycles. The fourth-order valence-corrected chi connectivity index (χ4v) is 1.66. The molecule has 0 aliphatic carbocycles. The molecule has 0 heterocycles. The minimum atomic E-state index is -0.177. The van der Waals surface area contributed by atoms with E-state index in [1.807, 2.05) is 38.2 Å². The van der Waals surface area contributed by atoms with Crippen LogP contribution in [0, 0.1) is 0 Å². The van der Waals surface area contributed by atoms with Crippen molar-refractivity contribution in [3.8, 4) is 5.75 Å². The van der Waals surface area contributed by atoms with Gasteiger partial charge in [-0.1, -0.05) is 12.1 Å². The average molecular weight is 251 g/mol. The highest BCUT2D eigenvalue weighted by Gasteiger charge is 2.14. The first-order valence-corrected chi connectivity index (χ1v) is 5.96. The second kappa shape index (κ2) is 7.01. The van der Waals surface area contributed by atoms with E-state index in [0.717, 1.165) is 12.3 Å². The molecule has 1 aromatic rings. The maximum absolute atomic E-state index is 11.2. The predicted molar refractivity (Wildman–Crippen MR) is 70.6 cm³/mol. The third kappa shape index (κ3) is 4.37. The molecule has 0 aromatic heterocycles. The van der Waals surface area contributed by atoms with Crippen LogP contribution >= 0.6 is 0 Å². The summed E-state index contributed by atoms with van der Waals surface area (Å²) in [5, 5.41) is 0. The first-order chi connectivity index (χ1) is 8.56. The van der Waals surface area contributed by atoms with Crippen LogP contribution in [-0.2, 0) is 16.1 Å². The van der Waals surface area contributed by atoms with Gasteiger partial charge >= 0.3 is 5.97 Å². The van der Waals surface area contributed by atoms with Gasteiger partial charge in [-0.2, -0.15) is 0 Å². The molecule has 1 atom stereocenters. The van der Waals surface area contributed by atoms with E-state index in [1.54, 1.807) is 7.11 Å². The van der Waals surface area contributed by atoms with E-state index >= 15 is 0 Å². The van der Waals surface area contributed by atoms with E-state index < -0.39 is 0 Å². The van der Waals surface area contributed by atoms with Crippen molar-refractivity contribution >= 4 is 5.97 Å². The van der Waals surface area contributed by atoms with Gasteiger partial charge in [0.2, 0.25) is 0 Å². The van der Waals surface area contributed by atoms with Crippen molar-refractivity contribution in [2.45, 2.75) is 25.9 Å². The number of ether oxygens (including phenoxy) is 2. The lowest BCUT2D eigenvalue weighted by Gasteiger charge is -2.23. The third-order valence-corrected chi connectivity index (χ3v) is 3.03. The van der Waals surface area contributed by atoms with Crippen molar-refractivity contribution in [2.24, 2.45) is 0 Å². The fraction of sp³-hybridized carbons (Fsp3) is 0.500. The van der Waals surface area contributed by atoms with Crippen molar-refractivity contribution < 1.29 is 14.3 Å². The van der Waals surface area contributed by atoms with E-state index in [2.05, 4.69) is 9.64 Å². The van der Waals surface area contributed by atoms with Crippen LogP contribution in [-0.4, -0.2) is 38.2 Å². The largest absolute Gasteiger partial charge is 0.497 e. The van der Waals surface area contributed by atoms with E-state index in [1.165, 1.54) is 12.7 Å². The fourth-order valence-electron chi connectivity index (χ4n) is 1.66. The number of nitrogens with zero attached hydrogens (tertiary/aromatic N) is 1. The molecule has 18 heavy (non-hydrogen) atoms. The van der Waals surface area contributed by atoms with Crippen molar-refractivity contribution in [1.29, 1.82) is 0 Å². The Kier molecular flexibility index (Phi) is 5.65. The van der Waals surface area contributed by atoms with Crippen LogP contribution in [0.3, 0.4) is 0 Å². The molecule has 0 amide bonds. The minimum Gasteiger partial charge on any atom is -0.497 e. The normalized spacial score (nSPS) is 12.3. The van der Waals surface area contributed by atoms with E-state index in [9.17, 15) is 4.79 Å². The van der Waals surface area contributed by atoms with Gasteiger partial charge < -0.3 is 9.47 Å². The summed E-state index contributed by atoms with van der Waals surface area (Å²) >= 11 is 0. The molecule has 4 heteroatoms. The lowest BCUT2D eigenvalue weighted by Crippen LogP contribution is -2.31. The molecule has 0 aliphatic heterocycles. The topological polar surface area (TPSA) is 38.8 Å². The molecule has 0 radical (unpaired) electrons. The minimum absolute atomic E-state index is 0.152. The zero-order valence-corrected chi connectivity index (χ0v) is 11.5.